The van der Waals surface area contributed by atoms with Gasteiger partial charge in [-0.15, -0.1) is 0 Å². The fraction of sp³-hybridized carbons (Fsp3) is 0.429. The zero-order chi connectivity index (χ0) is 20.2. The molecule has 0 aliphatic rings. The summed E-state index contributed by atoms with van der Waals surface area (Å²) in [7, 11) is 2.99. The number of alkyl halides is 1. The molecule has 0 amide bonds. The number of hydrogen-bond acceptors (Lipinski definition) is 6. The molecule has 0 saturated carbocycles. The molecule has 2 aromatic rings. The van der Waals surface area contributed by atoms with Gasteiger partial charge in [-0.2, -0.15) is 0 Å². The lowest BCUT2D eigenvalue weighted by Gasteiger charge is -2.09. The van der Waals surface area contributed by atoms with E-state index in [2.05, 4.69) is 27.0 Å². The van der Waals surface area contributed by atoms with Gasteiger partial charge in [-0.25, -0.2) is 0 Å². The first-order valence-electron chi connectivity index (χ1n) is 9.06. The summed E-state index contributed by atoms with van der Waals surface area (Å²) in [6.07, 6.45) is 3.98. The number of rotatable bonds is 12. The first-order valence-corrected chi connectivity index (χ1v) is 9.98. The number of nitrogens with zero attached hydrogens (tertiary/aromatic N) is 1. The Balaban J connectivity index is 1.72. The van der Waals surface area contributed by atoms with Crippen molar-refractivity contribution in [3.63, 3.8) is 0 Å². The highest BCUT2D eigenvalue weighted by molar-refractivity contribution is 9.10. The van der Waals surface area contributed by atoms with E-state index in [9.17, 15) is 4.79 Å². The molecule has 1 atom stereocenters. The lowest BCUT2D eigenvalue weighted by atomic mass is 10.1. The van der Waals surface area contributed by atoms with Crippen LogP contribution in [0.15, 0.2) is 42.6 Å². The molecule has 152 valence electrons. The topological polar surface area (TPSA) is 66.9 Å². The van der Waals surface area contributed by atoms with Crippen molar-refractivity contribution < 1.29 is 23.7 Å². The van der Waals surface area contributed by atoms with Crippen molar-refractivity contribution in [1.82, 2.24) is 4.98 Å². The fourth-order valence-electron chi connectivity index (χ4n) is 2.50. The lowest BCUT2D eigenvalue weighted by Crippen LogP contribution is -2.17. The maximum atomic E-state index is 11.4. The molecule has 7 heteroatoms. The number of pyridine rings is 1. The number of hydrogen-bond donors (Lipinski definition) is 0. The quantitative estimate of drug-likeness (QED) is 0.213. The Morgan fingerprint density at radius 1 is 1.04 bits per heavy atom. The van der Waals surface area contributed by atoms with E-state index in [0.717, 1.165) is 35.4 Å². The molecule has 0 N–H and O–H groups in total. The van der Waals surface area contributed by atoms with Crippen molar-refractivity contribution >= 4 is 21.9 Å². The van der Waals surface area contributed by atoms with Crippen molar-refractivity contribution in [3.05, 3.63) is 59.4 Å². The Kier molecular flexibility index (Phi) is 9.96. The van der Waals surface area contributed by atoms with Crippen LogP contribution >= 0.6 is 15.9 Å². The minimum absolute atomic E-state index is 0.277. The van der Waals surface area contributed by atoms with Gasteiger partial charge in [-0.1, -0.05) is 34.1 Å². The molecule has 1 aromatic carbocycles. The van der Waals surface area contributed by atoms with Crippen LogP contribution < -0.4 is 4.74 Å². The summed E-state index contributed by atoms with van der Waals surface area (Å²) >= 11 is 3.33. The van der Waals surface area contributed by atoms with E-state index in [1.165, 1.54) is 7.11 Å². The Morgan fingerprint density at radius 2 is 1.79 bits per heavy atom. The maximum absolute atomic E-state index is 11.4. The maximum Gasteiger partial charge on any atom is 0.319 e. The molecule has 0 aliphatic heterocycles. The third kappa shape index (κ3) is 7.96. The minimum atomic E-state index is -0.343. The van der Waals surface area contributed by atoms with Crippen LogP contribution in [0.5, 0.6) is 5.75 Å². The zero-order valence-corrected chi connectivity index (χ0v) is 17.8. The van der Waals surface area contributed by atoms with E-state index in [1.54, 1.807) is 7.11 Å². The molecule has 1 aromatic heterocycles. The van der Waals surface area contributed by atoms with Gasteiger partial charge in [-0.05, 0) is 42.2 Å². The van der Waals surface area contributed by atoms with Crippen LogP contribution in [0.25, 0.3) is 0 Å². The van der Waals surface area contributed by atoms with Crippen molar-refractivity contribution in [2.75, 3.05) is 34.2 Å². The number of carbonyl (C=O) groups excluding carboxylic acids is 1. The number of aromatic nitrogens is 1. The van der Waals surface area contributed by atoms with Crippen LogP contribution in [-0.4, -0.2) is 50.0 Å². The van der Waals surface area contributed by atoms with Gasteiger partial charge in [-0.3, -0.25) is 9.78 Å². The van der Waals surface area contributed by atoms with E-state index in [0.29, 0.717) is 26.4 Å². The normalized spacial score (nSPS) is 11.8. The summed E-state index contributed by atoms with van der Waals surface area (Å²) in [6.45, 7) is 1.47. The average molecular weight is 452 g/mol. The molecular formula is C21H26BrNO5. The molecule has 0 bridgehead atoms. The van der Waals surface area contributed by atoms with Gasteiger partial charge < -0.3 is 18.9 Å². The molecule has 0 spiro atoms. The zero-order valence-electron chi connectivity index (χ0n) is 16.2. The van der Waals surface area contributed by atoms with Crippen LogP contribution in [0.4, 0.5) is 0 Å². The first kappa shape index (κ1) is 22.3. The second kappa shape index (κ2) is 12.5. The van der Waals surface area contributed by atoms with Crippen LogP contribution in [0.2, 0.25) is 0 Å². The van der Waals surface area contributed by atoms with E-state index in [1.807, 2.05) is 36.5 Å². The molecule has 0 fully saturated rings. The van der Waals surface area contributed by atoms with E-state index in [4.69, 9.17) is 18.9 Å². The summed E-state index contributed by atoms with van der Waals surface area (Å²) in [4.78, 5) is 15.6. The van der Waals surface area contributed by atoms with Crippen molar-refractivity contribution in [2.45, 2.75) is 24.1 Å². The van der Waals surface area contributed by atoms with Gasteiger partial charge in [0.2, 0.25) is 0 Å². The van der Waals surface area contributed by atoms with E-state index in [-0.39, 0.29) is 10.8 Å². The molecule has 6 nitrogen and oxygen atoms in total. The largest absolute Gasteiger partial charge is 0.493 e. The van der Waals surface area contributed by atoms with Gasteiger partial charge in [0.25, 0.3) is 0 Å². The highest BCUT2D eigenvalue weighted by Gasteiger charge is 2.15. The van der Waals surface area contributed by atoms with Gasteiger partial charge in [0.05, 0.1) is 20.3 Å². The molecule has 2 rings (SSSR count). The van der Waals surface area contributed by atoms with E-state index < -0.39 is 0 Å². The summed E-state index contributed by atoms with van der Waals surface area (Å²) in [5.41, 5.74) is 3.15. The number of esters is 1. The average Bonchev–Trinajstić information content (AvgIpc) is 2.73. The SMILES string of the molecule is COCOCCc1ccc(CCOc2ccc(CC(Br)C(=O)OC)cc2)nc1. The van der Waals surface area contributed by atoms with Crippen molar-refractivity contribution in [2.24, 2.45) is 0 Å². The number of ether oxygens (including phenoxy) is 4. The van der Waals surface area contributed by atoms with Gasteiger partial charge >= 0.3 is 5.97 Å². The Bertz CT molecular complexity index is 706. The monoisotopic (exact) mass is 451 g/mol. The Labute approximate surface area is 174 Å². The van der Waals surface area contributed by atoms with Crippen molar-refractivity contribution in [1.29, 1.82) is 0 Å². The molecule has 0 saturated heterocycles. The van der Waals surface area contributed by atoms with E-state index >= 15 is 0 Å². The molecule has 1 heterocycles. The highest BCUT2D eigenvalue weighted by atomic mass is 79.9. The van der Waals surface area contributed by atoms with Gasteiger partial charge in [0.1, 0.15) is 17.4 Å². The predicted molar refractivity (Wildman–Crippen MR) is 110 cm³/mol. The summed E-state index contributed by atoms with van der Waals surface area (Å²) in [5, 5.41) is 0. The standard InChI is InChI=1S/C21H26BrNO5/c1-25-15-27-11-9-17-3-6-18(23-14-17)10-12-28-19-7-4-16(5-8-19)13-20(22)21(24)26-2/h3-8,14,20H,9-13,15H2,1-2H3. The van der Waals surface area contributed by atoms with Gasteiger partial charge in [0, 0.05) is 25.4 Å². The number of benzene rings is 1. The summed E-state index contributed by atoms with van der Waals surface area (Å²) in [6, 6.07) is 11.8. The Hall–Kier alpha value is -1.96. The van der Waals surface area contributed by atoms with Crippen LogP contribution in [0.3, 0.4) is 0 Å². The van der Waals surface area contributed by atoms with Gasteiger partial charge in [0.15, 0.2) is 0 Å². The fourth-order valence-corrected chi connectivity index (χ4v) is 3.06. The highest BCUT2D eigenvalue weighted by Crippen LogP contribution is 2.16. The number of carbonyl (C=O) groups is 1. The molecule has 0 aliphatic carbocycles. The third-order valence-electron chi connectivity index (χ3n) is 4.04. The number of methoxy groups -OCH3 is 2. The Morgan fingerprint density at radius 3 is 2.43 bits per heavy atom. The third-order valence-corrected chi connectivity index (χ3v) is 4.74. The number of halogens is 1. The molecular weight excluding hydrogens is 426 g/mol. The molecule has 28 heavy (non-hydrogen) atoms. The van der Waals surface area contributed by atoms with Crippen LogP contribution in [0, 0.1) is 0 Å². The molecule has 1 unspecified atom stereocenters. The van der Waals surface area contributed by atoms with Crippen LogP contribution in [0.1, 0.15) is 16.8 Å². The second-order valence-electron chi connectivity index (χ2n) is 6.16. The first-order chi connectivity index (χ1) is 13.6. The lowest BCUT2D eigenvalue weighted by molar-refractivity contribution is -0.139. The molecule has 0 radical (unpaired) electrons. The summed E-state index contributed by atoms with van der Waals surface area (Å²) in [5.74, 6) is 0.515. The minimum Gasteiger partial charge on any atom is -0.493 e. The predicted octanol–water partition coefficient (Wildman–Crippen LogP) is 3.35. The van der Waals surface area contributed by atoms with Crippen molar-refractivity contribution in [3.8, 4) is 5.75 Å². The second-order valence-corrected chi connectivity index (χ2v) is 7.27. The smallest absolute Gasteiger partial charge is 0.319 e. The van der Waals surface area contributed by atoms with Crippen LogP contribution in [-0.2, 0) is 38.3 Å². The summed E-state index contributed by atoms with van der Waals surface area (Å²) < 4.78 is 20.6.